The Morgan fingerprint density at radius 2 is 2.00 bits per heavy atom. The zero-order chi connectivity index (χ0) is 18.8. The molecule has 1 aliphatic heterocycles. The molecule has 140 valence electrons. The second-order valence-corrected chi connectivity index (χ2v) is 7.01. The van der Waals surface area contributed by atoms with Crippen LogP contribution in [0.15, 0.2) is 30.7 Å². The van der Waals surface area contributed by atoms with Gasteiger partial charge in [0.05, 0.1) is 16.9 Å². The summed E-state index contributed by atoms with van der Waals surface area (Å²) in [6.07, 6.45) is 5.09. The SMILES string of the molecule is CN1CCC(Nc2ncc3ncnc(Nc4cccc(Cl)c4F)c3n2)CC1. The maximum Gasteiger partial charge on any atom is 0.223 e. The van der Waals surface area contributed by atoms with Crippen LogP contribution in [0.4, 0.5) is 21.8 Å². The average Bonchev–Trinajstić information content (AvgIpc) is 2.68. The summed E-state index contributed by atoms with van der Waals surface area (Å²) in [4.78, 5) is 19.6. The molecule has 1 aliphatic rings. The van der Waals surface area contributed by atoms with Gasteiger partial charge in [-0.15, -0.1) is 0 Å². The Balaban J connectivity index is 1.62. The average molecular weight is 388 g/mol. The van der Waals surface area contributed by atoms with Crippen molar-refractivity contribution >= 4 is 40.1 Å². The van der Waals surface area contributed by atoms with Crippen molar-refractivity contribution in [1.29, 1.82) is 0 Å². The first-order valence-electron chi connectivity index (χ1n) is 8.74. The Morgan fingerprint density at radius 1 is 1.19 bits per heavy atom. The zero-order valence-electron chi connectivity index (χ0n) is 14.8. The van der Waals surface area contributed by atoms with Gasteiger partial charge in [0.1, 0.15) is 17.4 Å². The predicted molar refractivity (Wildman–Crippen MR) is 104 cm³/mol. The lowest BCUT2D eigenvalue weighted by Gasteiger charge is -2.29. The Kier molecular flexibility index (Phi) is 5.00. The lowest BCUT2D eigenvalue weighted by atomic mass is 10.1. The smallest absolute Gasteiger partial charge is 0.223 e. The Morgan fingerprint density at radius 3 is 2.81 bits per heavy atom. The highest BCUT2D eigenvalue weighted by molar-refractivity contribution is 6.31. The quantitative estimate of drug-likeness (QED) is 0.709. The summed E-state index contributed by atoms with van der Waals surface area (Å²) in [7, 11) is 2.12. The van der Waals surface area contributed by atoms with E-state index in [0.717, 1.165) is 25.9 Å². The minimum atomic E-state index is -0.537. The number of piperidine rings is 1. The second-order valence-electron chi connectivity index (χ2n) is 6.60. The minimum absolute atomic E-state index is 0.0395. The molecule has 1 aromatic carbocycles. The molecule has 0 bridgehead atoms. The van der Waals surface area contributed by atoms with Crippen LogP contribution in [-0.2, 0) is 0 Å². The van der Waals surface area contributed by atoms with Gasteiger partial charge in [-0.1, -0.05) is 17.7 Å². The summed E-state index contributed by atoms with van der Waals surface area (Å²) >= 11 is 5.86. The van der Waals surface area contributed by atoms with Crippen molar-refractivity contribution in [2.75, 3.05) is 30.8 Å². The number of halogens is 2. The van der Waals surface area contributed by atoms with Crippen LogP contribution >= 0.6 is 11.6 Å². The van der Waals surface area contributed by atoms with Crippen LogP contribution in [0.1, 0.15) is 12.8 Å². The highest BCUT2D eigenvalue weighted by Crippen LogP contribution is 2.27. The fourth-order valence-corrected chi connectivity index (χ4v) is 3.25. The molecule has 2 aromatic heterocycles. The number of benzene rings is 1. The molecule has 3 aromatic rings. The van der Waals surface area contributed by atoms with E-state index in [2.05, 4.69) is 42.5 Å². The maximum atomic E-state index is 14.2. The third kappa shape index (κ3) is 3.91. The maximum absolute atomic E-state index is 14.2. The summed E-state index contributed by atoms with van der Waals surface area (Å²) < 4.78 is 14.2. The van der Waals surface area contributed by atoms with Gasteiger partial charge < -0.3 is 15.5 Å². The number of aromatic nitrogens is 4. The van der Waals surface area contributed by atoms with Gasteiger partial charge in [0.2, 0.25) is 5.95 Å². The molecule has 1 saturated heterocycles. The molecule has 0 aliphatic carbocycles. The van der Waals surface area contributed by atoms with Crippen molar-refractivity contribution in [3.63, 3.8) is 0 Å². The first kappa shape index (κ1) is 17.8. The van der Waals surface area contributed by atoms with Crippen molar-refractivity contribution in [1.82, 2.24) is 24.8 Å². The summed E-state index contributed by atoms with van der Waals surface area (Å²) in [5, 5.41) is 6.37. The number of nitrogens with zero attached hydrogens (tertiary/aromatic N) is 5. The molecule has 9 heteroatoms. The van der Waals surface area contributed by atoms with Gasteiger partial charge in [0.25, 0.3) is 0 Å². The number of anilines is 3. The van der Waals surface area contributed by atoms with Crippen molar-refractivity contribution in [2.24, 2.45) is 0 Å². The van der Waals surface area contributed by atoms with Gasteiger partial charge >= 0.3 is 0 Å². The van der Waals surface area contributed by atoms with Gasteiger partial charge in [-0.05, 0) is 45.1 Å². The Hall–Kier alpha value is -2.58. The number of nitrogens with one attached hydrogen (secondary N) is 2. The molecular formula is C18H19ClFN7. The van der Waals surface area contributed by atoms with Gasteiger partial charge in [0.15, 0.2) is 11.6 Å². The van der Waals surface area contributed by atoms with Crippen LogP contribution in [0.25, 0.3) is 11.0 Å². The van der Waals surface area contributed by atoms with Crippen molar-refractivity contribution < 1.29 is 4.39 Å². The standard InChI is InChI=1S/C18H19ClFN7/c1-27-7-5-11(6-8-27)24-18-21-9-14-16(26-18)17(23-10-22-14)25-13-4-2-3-12(19)15(13)20/h2-4,9-11H,5-8H2,1H3,(H,21,24,26)(H,22,23,25). The van der Waals surface area contributed by atoms with Crippen LogP contribution in [0.3, 0.4) is 0 Å². The molecule has 0 saturated carbocycles. The zero-order valence-corrected chi connectivity index (χ0v) is 15.5. The van der Waals surface area contributed by atoms with E-state index >= 15 is 0 Å². The van der Waals surface area contributed by atoms with Gasteiger partial charge in [0, 0.05) is 6.04 Å². The molecule has 0 amide bonds. The lowest BCUT2D eigenvalue weighted by molar-refractivity contribution is 0.263. The van der Waals surface area contributed by atoms with E-state index in [-0.39, 0.29) is 10.7 Å². The first-order valence-corrected chi connectivity index (χ1v) is 9.12. The van der Waals surface area contributed by atoms with Gasteiger partial charge in [-0.2, -0.15) is 0 Å². The minimum Gasteiger partial charge on any atom is -0.351 e. The van der Waals surface area contributed by atoms with E-state index in [1.54, 1.807) is 18.3 Å². The highest BCUT2D eigenvalue weighted by Gasteiger charge is 2.18. The summed E-state index contributed by atoms with van der Waals surface area (Å²) in [5.41, 5.74) is 1.32. The van der Waals surface area contributed by atoms with Crippen LogP contribution < -0.4 is 10.6 Å². The Labute approximate surface area is 161 Å². The van der Waals surface area contributed by atoms with Crippen LogP contribution in [0.2, 0.25) is 5.02 Å². The van der Waals surface area contributed by atoms with E-state index in [0.29, 0.717) is 28.8 Å². The number of likely N-dealkylation sites (tertiary alicyclic amines) is 1. The van der Waals surface area contributed by atoms with E-state index in [4.69, 9.17) is 11.6 Å². The number of hydrogen-bond acceptors (Lipinski definition) is 7. The molecule has 0 radical (unpaired) electrons. The van der Waals surface area contributed by atoms with Crippen molar-refractivity contribution in [3.8, 4) is 0 Å². The summed E-state index contributed by atoms with van der Waals surface area (Å²) in [6, 6.07) is 5.07. The molecule has 0 atom stereocenters. The van der Waals surface area contributed by atoms with E-state index in [1.807, 2.05) is 0 Å². The third-order valence-corrected chi connectivity index (χ3v) is 4.93. The second kappa shape index (κ2) is 7.58. The molecule has 4 rings (SSSR count). The number of fused-ring (bicyclic) bond motifs is 1. The van der Waals surface area contributed by atoms with Crippen LogP contribution in [0.5, 0.6) is 0 Å². The van der Waals surface area contributed by atoms with Crippen molar-refractivity contribution in [3.05, 3.63) is 41.6 Å². The number of hydrogen-bond donors (Lipinski definition) is 2. The molecule has 7 nitrogen and oxygen atoms in total. The first-order chi connectivity index (χ1) is 13.1. The fourth-order valence-electron chi connectivity index (χ4n) is 3.08. The molecular weight excluding hydrogens is 369 g/mol. The number of rotatable bonds is 4. The fraction of sp³-hybridized carbons (Fsp3) is 0.333. The largest absolute Gasteiger partial charge is 0.351 e. The molecule has 1 fully saturated rings. The highest BCUT2D eigenvalue weighted by atomic mass is 35.5. The van der Waals surface area contributed by atoms with E-state index < -0.39 is 5.82 Å². The molecule has 3 heterocycles. The summed E-state index contributed by atoms with van der Waals surface area (Å²) in [6.45, 7) is 2.07. The van der Waals surface area contributed by atoms with Gasteiger partial charge in [-0.3, -0.25) is 0 Å². The van der Waals surface area contributed by atoms with Crippen LogP contribution in [0, 0.1) is 5.82 Å². The Bertz CT molecular complexity index is 960. The van der Waals surface area contributed by atoms with Crippen LogP contribution in [-0.4, -0.2) is 51.0 Å². The normalized spacial score (nSPS) is 15.8. The van der Waals surface area contributed by atoms with Gasteiger partial charge in [-0.25, -0.2) is 24.3 Å². The lowest BCUT2D eigenvalue weighted by Crippen LogP contribution is -2.37. The van der Waals surface area contributed by atoms with Crippen molar-refractivity contribution in [2.45, 2.75) is 18.9 Å². The summed E-state index contributed by atoms with van der Waals surface area (Å²) in [5.74, 6) is 0.376. The topological polar surface area (TPSA) is 78.9 Å². The van der Waals surface area contributed by atoms with E-state index in [1.165, 1.54) is 12.4 Å². The predicted octanol–water partition coefficient (Wildman–Crippen LogP) is 3.46. The molecule has 0 unspecified atom stereocenters. The van der Waals surface area contributed by atoms with E-state index in [9.17, 15) is 4.39 Å². The molecule has 2 N–H and O–H groups in total. The molecule has 0 spiro atoms. The monoisotopic (exact) mass is 387 g/mol. The third-order valence-electron chi connectivity index (χ3n) is 4.63. The molecule has 27 heavy (non-hydrogen) atoms.